The summed E-state index contributed by atoms with van der Waals surface area (Å²) in [5.41, 5.74) is 8.64. The highest BCUT2D eigenvalue weighted by molar-refractivity contribution is 5.39. The van der Waals surface area contributed by atoms with Crippen LogP contribution in [0.15, 0.2) is 48.5 Å². The van der Waals surface area contributed by atoms with Crippen LogP contribution in [0.3, 0.4) is 0 Å². The second-order valence-electron chi connectivity index (χ2n) is 5.00. The fourth-order valence-electron chi connectivity index (χ4n) is 2.60. The van der Waals surface area contributed by atoms with E-state index < -0.39 is 0 Å². The Hall–Kier alpha value is -2.00. The largest absolute Gasteiger partial charge is 0.494 e. The summed E-state index contributed by atoms with van der Waals surface area (Å²) in [5.74, 6) is 1.81. The summed E-state index contributed by atoms with van der Waals surface area (Å²) < 4.78 is 11.5. The van der Waals surface area contributed by atoms with Crippen molar-refractivity contribution >= 4 is 0 Å². The normalized spacial score (nSPS) is 18.2. The number of rotatable bonds is 4. The van der Waals surface area contributed by atoms with Crippen LogP contribution >= 0.6 is 0 Å². The topological polar surface area (TPSA) is 44.5 Å². The van der Waals surface area contributed by atoms with E-state index in [1.54, 1.807) is 0 Å². The van der Waals surface area contributed by atoms with E-state index in [4.69, 9.17) is 15.2 Å². The van der Waals surface area contributed by atoms with Crippen LogP contribution in [0.25, 0.3) is 0 Å². The van der Waals surface area contributed by atoms with Crippen molar-refractivity contribution < 1.29 is 9.47 Å². The van der Waals surface area contributed by atoms with Gasteiger partial charge in [-0.1, -0.05) is 30.3 Å². The van der Waals surface area contributed by atoms with Gasteiger partial charge in [-0.15, -0.1) is 0 Å². The number of ether oxygens (including phenoxy) is 2. The molecule has 20 heavy (non-hydrogen) atoms. The van der Waals surface area contributed by atoms with Crippen molar-refractivity contribution in [2.24, 2.45) is 5.73 Å². The smallest absolute Gasteiger partial charge is 0.123 e. The van der Waals surface area contributed by atoms with E-state index in [0.717, 1.165) is 23.5 Å². The lowest BCUT2D eigenvalue weighted by Gasteiger charge is -2.20. The Morgan fingerprint density at radius 2 is 2.10 bits per heavy atom. The zero-order chi connectivity index (χ0) is 13.9. The van der Waals surface area contributed by atoms with Crippen molar-refractivity contribution in [2.75, 3.05) is 6.61 Å². The van der Waals surface area contributed by atoms with E-state index in [9.17, 15) is 0 Å². The van der Waals surface area contributed by atoms with Crippen molar-refractivity contribution in [3.05, 3.63) is 59.7 Å². The lowest BCUT2D eigenvalue weighted by Crippen LogP contribution is -2.29. The monoisotopic (exact) mass is 269 g/mol. The van der Waals surface area contributed by atoms with E-state index in [1.807, 2.05) is 49.4 Å². The van der Waals surface area contributed by atoms with Gasteiger partial charge in [-0.3, -0.25) is 0 Å². The summed E-state index contributed by atoms with van der Waals surface area (Å²) in [6.45, 7) is 2.63. The highest BCUT2D eigenvalue weighted by Gasteiger charge is 2.28. The molecule has 2 aromatic rings. The lowest BCUT2D eigenvalue weighted by atomic mass is 9.98. The molecule has 0 aromatic heterocycles. The third kappa shape index (κ3) is 2.49. The van der Waals surface area contributed by atoms with Gasteiger partial charge in [-0.05, 0) is 36.2 Å². The summed E-state index contributed by atoms with van der Waals surface area (Å²) in [7, 11) is 0. The molecule has 0 saturated heterocycles. The summed E-state index contributed by atoms with van der Waals surface area (Å²) in [6, 6.07) is 15.9. The molecule has 3 rings (SSSR count). The third-order valence-electron chi connectivity index (χ3n) is 3.63. The van der Waals surface area contributed by atoms with Crippen molar-refractivity contribution in [2.45, 2.75) is 25.5 Å². The minimum Gasteiger partial charge on any atom is -0.494 e. The Morgan fingerprint density at radius 1 is 1.25 bits per heavy atom. The van der Waals surface area contributed by atoms with Gasteiger partial charge >= 0.3 is 0 Å². The number of benzene rings is 2. The first-order valence-corrected chi connectivity index (χ1v) is 7.01. The van der Waals surface area contributed by atoms with Crippen LogP contribution in [0.1, 0.15) is 24.1 Å². The number of para-hydroxylation sites is 1. The maximum Gasteiger partial charge on any atom is 0.123 e. The van der Waals surface area contributed by atoms with Crippen LogP contribution < -0.4 is 15.2 Å². The van der Waals surface area contributed by atoms with E-state index >= 15 is 0 Å². The summed E-state index contributed by atoms with van der Waals surface area (Å²) in [6.07, 6.45) is 0.847. The molecule has 0 amide bonds. The first-order valence-electron chi connectivity index (χ1n) is 7.01. The Balaban J connectivity index is 1.77. The minimum atomic E-state index is -0.150. The van der Waals surface area contributed by atoms with Crippen molar-refractivity contribution in [1.29, 1.82) is 0 Å². The zero-order valence-electron chi connectivity index (χ0n) is 11.6. The summed E-state index contributed by atoms with van der Waals surface area (Å²) in [4.78, 5) is 0. The van der Waals surface area contributed by atoms with Gasteiger partial charge < -0.3 is 15.2 Å². The molecular formula is C17H19NO2. The summed E-state index contributed by atoms with van der Waals surface area (Å²) >= 11 is 0. The maximum absolute atomic E-state index is 6.36. The Morgan fingerprint density at radius 3 is 2.90 bits per heavy atom. The second-order valence-corrected chi connectivity index (χ2v) is 5.00. The van der Waals surface area contributed by atoms with Gasteiger partial charge in [0, 0.05) is 6.42 Å². The standard InChI is InChI=1S/C17H19NO2/c1-2-19-14-8-5-7-13(10-14)17(18)16-11-12-6-3-4-9-15(12)20-16/h3-10,16-17H,2,11,18H2,1H3. The minimum absolute atomic E-state index is 0.00993. The van der Waals surface area contributed by atoms with Gasteiger partial charge in [-0.25, -0.2) is 0 Å². The highest BCUT2D eigenvalue weighted by atomic mass is 16.5. The van der Waals surface area contributed by atoms with Gasteiger partial charge in [0.25, 0.3) is 0 Å². The van der Waals surface area contributed by atoms with Crippen LogP contribution in [-0.4, -0.2) is 12.7 Å². The predicted molar refractivity (Wildman–Crippen MR) is 79.1 cm³/mol. The molecule has 3 heteroatoms. The van der Waals surface area contributed by atoms with Crippen LogP contribution in [0.2, 0.25) is 0 Å². The Kier molecular flexibility index (Phi) is 3.61. The number of hydrogen-bond donors (Lipinski definition) is 1. The molecule has 104 valence electrons. The fraction of sp³-hybridized carbons (Fsp3) is 0.294. The quantitative estimate of drug-likeness (QED) is 0.927. The predicted octanol–water partition coefficient (Wildman–Crippen LogP) is 3.09. The number of nitrogens with two attached hydrogens (primary N) is 1. The molecule has 1 heterocycles. The molecule has 0 spiro atoms. The molecule has 0 saturated carbocycles. The molecule has 0 radical (unpaired) electrons. The molecule has 2 atom stereocenters. The Labute approximate surface area is 119 Å². The SMILES string of the molecule is CCOc1cccc(C(N)C2Cc3ccccc3O2)c1. The first kappa shape index (κ1) is 13.0. The van der Waals surface area contributed by atoms with Crippen LogP contribution in [0.5, 0.6) is 11.5 Å². The maximum atomic E-state index is 6.36. The van der Waals surface area contributed by atoms with Crippen molar-refractivity contribution in [3.63, 3.8) is 0 Å². The fourth-order valence-corrected chi connectivity index (χ4v) is 2.60. The van der Waals surface area contributed by atoms with E-state index in [1.165, 1.54) is 5.56 Å². The van der Waals surface area contributed by atoms with Crippen LogP contribution in [-0.2, 0) is 6.42 Å². The Bertz CT molecular complexity index is 572. The highest BCUT2D eigenvalue weighted by Crippen LogP contribution is 2.33. The third-order valence-corrected chi connectivity index (χ3v) is 3.63. The van der Waals surface area contributed by atoms with E-state index in [0.29, 0.717) is 6.61 Å². The van der Waals surface area contributed by atoms with Crippen LogP contribution in [0, 0.1) is 0 Å². The average molecular weight is 269 g/mol. The first-order chi connectivity index (χ1) is 9.78. The molecule has 0 fully saturated rings. The van der Waals surface area contributed by atoms with E-state index in [-0.39, 0.29) is 12.1 Å². The molecule has 2 unspecified atom stereocenters. The molecule has 1 aliphatic heterocycles. The molecular weight excluding hydrogens is 250 g/mol. The van der Waals surface area contributed by atoms with Crippen LogP contribution in [0.4, 0.5) is 0 Å². The van der Waals surface area contributed by atoms with Crippen molar-refractivity contribution in [3.8, 4) is 11.5 Å². The molecule has 0 aliphatic carbocycles. The van der Waals surface area contributed by atoms with E-state index in [2.05, 4.69) is 6.07 Å². The zero-order valence-corrected chi connectivity index (χ0v) is 11.6. The van der Waals surface area contributed by atoms with Crippen molar-refractivity contribution in [1.82, 2.24) is 0 Å². The molecule has 1 aliphatic rings. The number of fused-ring (bicyclic) bond motifs is 1. The average Bonchev–Trinajstić information content (AvgIpc) is 2.91. The molecule has 3 nitrogen and oxygen atoms in total. The number of hydrogen-bond acceptors (Lipinski definition) is 3. The molecule has 0 bridgehead atoms. The van der Waals surface area contributed by atoms with Gasteiger partial charge in [-0.2, -0.15) is 0 Å². The van der Waals surface area contributed by atoms with Gasteiger partial charge in [0.15, 0.2) is 0 Å². The summed E-state index contributed by atoms with van der Waals surface area (Å²) in [5, 5.41) is 0. The molecule has 2 N–H and O–H groups in total. The molecule has 2 aromatic carbocycles. The van der Waals surface area contributed by atoms with Gasteiger partial charge in [0.2, 0.25) is 0 Å². The lowest BCUT2D eigenvalue weighted by molar-refractivity contribution is 0.199. The van der Waals surface area contributed by atoms with Gasteiger partial charge in [0.05, 0.1) is 12.6 Å². The van der Waals surface area contributed by atoms with Gasteiger partial charge in [0.1, 0.15) is 17.6 Å². The second kappa shape index (κ2) is 5.55.